The first-order valence-corrected chi connectivity index (χ1v) is 7.71. The lowest BCUT2D eigenvalue weighted by Gasteiger charge is -2.10. The maximum absolute atomic E-state index is 6.04. The Balaban J connectivity index is 2.09. The maximum atomic E-state index is 6.04. The van der Waals surface area contributed by atoms with Gasteiger partial charge in [-0.2, -0.15) is 0 Å². The normalized spacial score (nSPS) is 13.0. The number of aryl methyl sites for hydroxylation is 1. The lowest BCUT2D eigenvalue weighted by molar-refractivity contribution is 0.494. The number of halogens is 1. The Morgan fingerprint density at radius 3 is 2.74 bits per heavy atom. The molecule has 1 aromatic carbocycles. The first-order valence-electron chi connectivity index (χ1n) is 6.10. The van der Waals surface area contributed by atoms with E-state index in [1.165, 1.54) is 10.4 Å². The third-order valence-electron chi connectivity index (χ3n) is 3.21. The molecule has 0 saturated heterocycles. The van der Waals surface area contributed by atoms with Crippen molar-refractivity contribution in [2.24, 2.45) is 0 Å². The van der Waals surface area contributed by atoms with Crippen LogP contribution in [0.3, 0.4) is 0 Å². The van der Waals surface area contributed by atoms with E-state index in [4.69, 9.17) is 4.42 Å². The van der Waals surface area contributed by atoms with Crippen LogP contribution in [0.4, 0.5) is 0 Å². The van der Waals surface area contributed by atoms with Gasteiger partial charge < -0.3 is 9.73 Å². The van der Waals surface area contributed by atoms with Gasteiger partial charge in [0.1, 0.15) is 17.4 Å². The van der Waals surface area contributed by atoms with Gasteiger partial charge in [0.15, 0.2) is 0 Å². The number of hydrogen-bond donors (Lipinski definition) is 1. The highest BCUT2D eigenvalue weighted by atomic mass is 79.9. The van der Waals surface area contributed by atoms with Crippen LogP contribution in [-0.2, 0) is 0 Å². The Labute approximate surface area is 124 Å². The van der Waals surface area contributed by atoms with Gasteiger partial charge in [-0.05, 0) is 53.7 Å². The van der Waals surface area contributed by atoms with Crippen LogP contribution in [0, 0.1) is 6.92 Å². The predicted octanol–water partition coefficient (Wildman–Crippen LogP) is 4.87. The van der Waals surface area contributed by atoms with Gasteiger partial charge in [0.25, 0.3) is 0 Å². The summed E-state index contributed by atoms with van der Waals surface area (Å²) in [6, 6.07) is 12.6. The third-order valence-corrected chi connectivity index (χ3v) is 4.90. The van der Waals surface area contributed by atoms with Crippen LogP contribution in [0.15, 0.2) is 44.6 Å². The van der Waals surface area contributed by atoms with Gasteiger partial charge in [-0.15, -0.1) is 11.3 Å². The highest BCUT2D eigenvalue weighted by molar-refractivity contribution is 9.11. The van der Waals surface area contributed by atoms with E-state index < -0.39 is 0 Å². The van der Waals surface area contributed by atoms with E-state index in [0.717, 1.165) is 20.5 Å². The summed E-state index contributed by atoms with van der Waals surface area (Å²) < 4.78 is 7.18. The maximum Gasteiger partial charge on any atom is 0.137 e. The van der Waals surface area contributed by atoms with E-state index in [-0.39, 0.29) is 6.04 Å². The van der Waals surface area contributed by atoms with E-state index in [1.54, 1.807) is 11.3 Å². The van der Waals surface area contributed by atoms with Gasteiger partial charge in [-0.1, -0.05) is 18.2 Å². The van der Waals surface area contributed by atoms with E-state index in [2.05, 4.69) is 64.6 Å². The fourth-order valence-corrected chi connectivity index (χ4v) is 3.82. The molecule has 3 aromatic rings. The number of fused-ring (bicyclic) bond motifs is 1. The molecule has 0 radical (unpaired) electrons. The zero-order valence-corrected chi connectivity index (χ0v) is 13.1. The second-order valence-corrected chi connectivity index (χ2v) is 7.00. The fraction of sp³-hybridized carbons (Fsp3) is 0.200. The van der Waals surface area contributed by atoms with E-state index in [9.17, 15) is 0 Å². The Bertz CT molecular complexity index is 716. The quantitative estimate of drug-likeness (QED) is 0.738. The topological polar surface area (TPSA) is 25.2 Å². The van der Waals surface area contributed by atoms with E-state index >= 15 is 0 Å². The zero-order chi connectivity index (χ0) is 13.4. The predicted molar refractivity (Wildman–Crippen MR) is 83.9 cm³/mol. The van der Waals surface area contributed by atoms with Crippen molar-refractivity contribution in [2.45, 2.75) is 13.0 Å². The smallest absolute Gasteiger partial charge is 0.137 e. The number of thiophene rings is 1. The molecule has 0 aliphatic heterocycles. The highest BCUT2D eigenvalue weighted by Crippen LogP contribution is 2.34. The molecule has 2 nitrogen and oxygen atoms in total. The molecular formula is C15H14BrNOS. The molecule has 1 atom stereocenters. The fourth-order valence-electron chi connectivity index (χ4n) is 2.28. The van der Waals surface area contributed by atoms with Crippen molar-refractivity contribution in [3.05, 3.63) is 56.4 Å². The van der Waals surface area contributed by atoms with Gasteiger partial charge in [0.2, 0.25) is 0 Å². The van der Waals surface area contributed by atoms with Crippen molar-refractivity contribution in [1.29, 1.82) is 0 Å². The van der Waals surface area contributed by atoms with Crippen molar-refractivity contribution >= 4 is 38.2 Å². The van der Waals surface area contributed by atoms with Crippen LogP contribution in [0.25, 0.3) is 11.0 Å². The summed E-state index contributed by atoms with van der Waals surface area (Å²) in [7, 11) is 1.96. The second-order valence-electron chi connectivity index (χ2n) is 4.51. The number of rotatable bonds is 3. The minimum atomic E-state index is 0.100. The summed E-state index contributed by atoms with van der Waals surface area (Å²) >= 11 is 5.23. The summed E-state index contributed by atoms with van der Waals surface area (Å²) in [6.07, 6.45) is 0. The minimum Gasteiger partial charge on any atom is -0.459 e. The summed E-state index contributed by atoms with van der Waals surface area (Å²) in [6.45, 7) is 2.08. The van der Waals surface area contributed by atoms with E-state index in [1.807, 2.05) is 7.05 Å². The average molecular weight is 336 g/mol. The molecule has 0 aliphatic rings. The molecule has 4 heteroatoms. The zero-order valence-electron chi connectivity index (χ0n) is 10.7. The molecular weight excluding hydrogens is 322 g/mol. The second kappa shape index (κ2) is 5.12. The lowest BCUT2D eigenvalue weighted by atomic mass is 10.1. The molecule has 2 aromatic heterocycles. The molecule has 0 spiro atoms. The standard InChI is InChI=1S/C15H14BrNOS/c1-9-4-3-5-10-8-11(18-15(9)10)14(17-2)12-6-7-13(16)19-12/h3-8,14,17H,1-2H3. The molecule has 0 aliphatic carbocycles. The van der Waals surface area contributed by atoms with Gasteiger partial charge >= 0.3 is 0 Å². The molecule has 1 unspecified atom stereocenters. The van der Waals surface area contributed by atoms with Gasteiger partial charge in [0.05, 0.1) is 3.79 Å². The molecule has 0 bridgehead atoms. The van der Waals surface area contributed by atoms with Crippen LogP contribution in [0.2, 0.25) is 0 Å². The Morgan fingerprint density at radius 1 is 1.26 bits per heavy atom. The van der Waals surface area contributed by atoms with Gasteiger partial charge in [-0.3, -0.25) is 0 Å². The lowest BCUT2D eigenvalue weighted by Crippen LogP contribution is -2.15. The molecule has 1 N–H and O–H groups in total. The Morgan fingerprint density at radius 2 is 2.11 bits per heavy atom. The van der Waals surface area contributed by atoms with Crippen molar-refractivity contribution in [1.82, 2.24) is 5.32 Å². The molecule has 3 rings (SSSR count). The SMILES string of the molecule is CNC(c1cc2cccc(C)c2o1)c1ccc(Br)s1. The molecule has 0 amide bonds. The Kier molecular flexibility index (Phi) is 3.48. The number of benzene rings is 1. The monoisotopic (exact) mass is 335 g/mol. The van der Waals surface area contributed by atoms with Crippen LogP contribution in [0.1, 0.15) is 22.2 Å². The first kappa shape index (κ1) is 12.9. The van der Waals surface area contributed by atoms with Crippen molar-refractivity contribution in [3.8, 4) is 0 Å². The van der Waals surface area contributed by atoms with Gasteiger partial charge in [-0.25, -0.2) is 0 Å². The number of hydrogen-bond acceptors (Lipinski definition) is 3. The molecule has 2 heterocycles. The number of furan rings is 1. The summed E-state index contributed by atoms with van der Waals surface area (Å²) in [5, 5.41) is 4.48. The van der Waals surface area contributed by atoms with Crippen LogP contribution < -0.4 is 5.32 Å². The number of para-hydroxylation sites is 1. The first-order chi connectivity index (χ1) is 9.19. The summed E-state index contributed by atoms with van der Waals surface area (Å²) in [5.41, 5.74) is 2.15. The van der Waals surface area contributed by atoms with Crippen LogP contribution >= 0.6 is 27.3 Å². The van der Waals surface area contributed by atoms with Gasteiger partial charge in [0, 0.05) is 10.3 Å². The molecule has 98 valence electrons. The van der Waals surface area contributed by atoms with Crippen molar-refractivity contribution in [3.63, 3.8) is 0 Å². The minimum absolute atomic E-state index is 0.100. The molecule has 19 heavy (non-hydrogen) atoms. The average Bonchev–Trinajstić information content (AvgIpc) is 2.98. The Hall–Kier alpha value is -1.10. The third kappa shape index (κ3) is 2.36. The van der Waals surface area contributed by atoms with Crippen molar-refractivity contribution < 1.29 is 4.42 Å². The summed E-state index contributed by atoms with van der Waals surface area (Å²) in [5.74, 6) is 0.959. The largest absolute Gasteiger partial charge is 0.459 e. The van der Waals surface area contributed by atoms with Crippen molar-refractivity contribution in [2.75, 3.05) is 7.05 Å². The molecule has 0 saturated carbocycles. The van der Waals surface area contributed by atoms with Crippen LogP contribution in [0.5, 0.6) is 0 Å². The highest BCUT2D eigenvalue weighted by Gasteiger charge is 2.18. The van der Waals surface area contributed by atoms with E-state index in [0.29, 0.717) is 0 Å². The summed E-state index contributed by atoms with van der Waals surface area (Å²) in [4.78, 5) is 1.24. The number of nitrogens with one attached hydrogen (secondary N) is 1. The molecule has 0 fully saturated rings. The van der Waals surface area contributed by atoms with Crippen LogP contribution in [-0.4, -0.2) is 7.05 Å².